The number of carboxylic acids is 1. The maximum atomic E-state index is 13.8. The van der Waals surface area contributed by atoms with Gasteiger partial charge in [-0.3, -0.25) is 0 Å². The fraction of sp³-hybridized carbons (Fsp3) is 0.750. The van der Waals surface area contributed by atoms with Crippen LogP contribution in [0.5, 0.6) is 0 Å². The molecule has 0 aliphatic heterocycles. The van der Waals surface area contributed by atoms with E-state index in [0.717, 1.165) is 0 Å². The quantitative estimate of drug-likeness (QED) is 0.334. The predicted octanol–water partition coefficient (Wildman–Crippen LogP) is 3.19. The Morgan fingerprint density at radius 1 is 1.04 bits per heavy atom. The van der Waals surface area contributed by atoms with Crippen LogP contribution in [0.15, 0.2) is 12.2 Å². The van der Waals surface area contributed by atoms with Crippen molar-refractivity contribution in [1.29, 1.82) is 0 Å². The van der Waals surface area contributed by atoms with Gasteiger partial charge in [0.2, 0.25) is 10.0 Å². The first kappa shape index (κ1) is 24.6. The number of alkyl halides is 8. The number of halogens is 8. The molecule has 0 unspecified atom stereocenters. The molecule has 0 heterocycles. The third-order valence-electron chi connectivity index (χ3n) is 3.37. The van der Waals surface area contributed by atoms with Crippen LogP contribution < -0.4 is 0 Å². The van der Waals surface area contributed by atoms with Crippen LogP contribution in [0, 0.1) is 0 Å². The summed E-state index contributed by atoms with van der Waals surface area (Å²) in [5.41, 5.74) is -2.77. The van der Waals surface area contributed by atoms with Crippen LogP contribution in [0.3, 0.4) is 0 Å². The number of rotatable bonds is 10. The molecule has 1 N–H and O–H groups in total. The predicted molar refractivity (Wildman–Crippen MR) is 73.0 cm³/mol. The molecular formula is C12H15F8NO4S. The van der Waals surface area contributed by atoms with Crippen LogP contribution in [-0.2, 0) is 14.8 Å². The Balaban J connectivity index is 6.19. The van der Waals surface area contributed by atoms with Gasteiger partial charge in [0.25, 0.3) is 0 Å². The van der Waals surface area contributed by atoms with Crippen LogP contribution in [0.4, 0.5) is 35.1 Å². The van der Waals surface area contributed by atoms with Crippen molar-refractivity contribution in [3.63, 3.8) is 0 Å². The molecule has 0 saturated carbocycles. The van der Waals surface area contributed by atoms with Gasteiger partial charge >= 0.3 is 29.8 Å². The van der Waals surface area contributed by atoms with Crippen molar-refractivity contribution < 1.29 is 53.4 Å². The normalized spacial score (nSPS) is 14.6. The first-order chi connectivity index (χ1) is 11.3. The summed E-state index contributed by atoms with van der Waals surface area (Å²) in [5.74, 6) is -24.2. The molecule has 0 fully saturated rings. The fourth-order valence-corrected chi connectivity index (χ4v) is 2.94. The third kappa shape index (κ3) is 3.80. The summed E-state index contributed by atoms with van der Waals surface area (Å²) >= 11 is 0. The second kappa shape index (κ2) is 7.29. The van der Waals surface area contributed by atoms with Crippen LogP contribution in [0.25, 0.3) is 0 Å². The molecule has 0 aliphatic rings. The van der Waals surface area contributed by atoms with E-state index in [1.54, 1.807) is 0 Å². The Labute approximate surface area is 143 Å². The molecule has 5 nitrogen and oxygen atoms in total. The number of nitrogens with zero attached hydrogens (tertiary/aromatic N) is 1. The Hall–Kier alpha value is -1.44. The lowest BCUT2D eigenvalue weighted by atomic mass is 9.96. The molecule has 0 radical (unpaired) electrons. The summed E-state index contributed by atoms with van der Waals surface area (Å²) in [4.78, 5) is 10.3. The molecule has 14 heteroatoms. The summed E-state index contributed by atoms with van der Waals surface area (Å²) in [6.45, 7) is 3.39. The van der Waals surface area contributed by atoms with Crippen LogP contribution >= 0.6 is 0 Å². The number of carbonyl (C=O) groups is 1. The maximum absolute atomic E-state index is 13.8. The molecule has 0 aromatic carbocycles. The molecule has 26 heavy (non-hydrogen) atoms. The van der Waals surface area contributed by atoms with Gasteiger partial charge in [0.15, 0.2) is 0 Å². The van der Waals surface area contributed by atoms with E-state index in [0.29, 0.717) is 0 Å². The fourth-order valence-electron chi connectivity index (χ4n) is 1.55. The molecule has 0 bridgehead atoms. The molecule has 0 spiro atoms. The Morgan fingerprint density at radius 2 is 1.46 bits per heavy atom. The van der Waals surface area contributed by atoms with Gasteiger partial charge in [0, 0.05) is 7.05 Å². The highest BCUT2D eigenvalue weighted by Gasteiger charge is 2.83. The van der Waals surface area contributed by atoms with Crippen LogP contribution in [0.2, 0.25) is 0 Å². The van der Waals surface area contributed by atoms with Crippen molar-refractivity contribution in [1.82, 2.24) is 4.31 Å². The molecule has 0 atom stereocenters. The number of aliphatic carboxylic acids is 1. The highest BCUT2D eigenvalue weighted by Crippen LogP contribution is 2.55. The van der Waals surface area contributed by atoms with Crippen LogP contribution in [0.1, 0.15) is 19.8 Å². The van der Waals surface area contributed by atoms with E-state index in [4.69, 9.17) is 5.11 Å². The molecule has 0 aliphatic carbocycles. The van der Waals surface area contributed by atoms with Crippen molar-refractivity contribution in [2.75, 3.05) is 12.8 Å². The van der Waals surface area contributed by atoms with E-state index in [-0.39, 0.29) is 19.9 Å². The van der Waals surface area contributed by atoms with E-state index < -0.39 is 55.4 Å². The lowest BCUT2D eigenvalue weighted by Crippen LogP contribution is -2.68. The lowest BCUT2D eigenvalue weighted by Gasteiger charge is -2.39. The first-order valence-electron chi connectivity index (χ1n) is 6.73. The molecule has 0 rings (SSSR count). The molecular weight excluding hydrogens is 406 g/mol. The van der Waals surface area contributed by atoms with Gasteiger partial charge in [-0.05, 0) is 6.42 Å². The van der Waals surface area contributed by atoms with Crippen LogP contribution in [-0.4, -0.2) is 60.4 Å². The average Bonchev–Trinajstić information content (AvgIpc) is 2.50. The number of unbranched alkanes of at least 4 members (excludes halogenated alkanes) is 1. The summed E-state index contributed by atoms with van der Waals surface area (Å²) in [7, 11) is -5.40. The smallest absolute Gasteiger partial charge is 0.393 e. The number of carboxylic acid groups (broad SMARTS) is 1. The Bertz CT molecular complexity index is 662. The minimum Gasteiger partial charge on any atom is -0.478 e. The van der Waals surface area contributed by atoms with E-state index in [1.165, 1.54) is 6.92 Å². The lowest BCUT2D eigenvalue weighted by molar-refractivity contribution is -0.377. The van der Waals surface area contributed by atoms with Crippen molar-refractivity contribution in [3.05, 3.63) is 12.2 Å². The van der Waals surface area contributed by atoms with Gasteiger partial charge in [-0.1, -0.05) is 19.9 Å². The minimum absolute atomic E-state index is 0.113. The van der Waals surface area contributed by atoms with Gasteiger partial charge in [-0.25, -0.2) is 13.2 Å². The van der Waals surface area contributed by atoms with Crippen molar-refractivity contribution in [2.24, 2.45) is 0 Å². The highest BCUT2D eigenvalue weighted by atomic mass is 32.2. The zero-order chi connectivity index (χ0) is 21.4. The summed E-state index contributed by atoms with van der Waals surface area (Å²) in [6, 6.07) is -6.30. The Morgan fingerprint density at radius 3 is 1.81 bits per heavy atom. The Kier molecular flexibility index (Phi) is 6.89. The standard InChI is InChI=1S/C12H15F8NO4S/c1-4-5-6-26(24,25)21(3)12(19,20)11(17,18)10(15,16)9(13,14)7(2)8(22)23/h2,4-6H2,1,3H3,(H,22,23). The zero-order valence-corrected chi connectivity index (χ0v) is 14.2. The summed E-state index contributed by atoms with van der Waals surface area (Å²) < 4.78 is 131. The largest absolute Gasteiger partial charge is 0.478 e. The summed E-state index contributed by atoms with van der Waals surface area (Å²) in [6.07, 6.45) is -0.182. The van der Waals surface area contributed by atoms with Crippen molar-refractivity contribution >= 4 is 16.0 Å². The minimum atomic E-state index is -6.98. The van der Waals surface area contributed by atoms with Gasteiger partial charge in [-0.15, -0.1) is 4.31 Å². The van der Waals surface area contributed by atoms with Gasteiger partial charge in [0.1, 0.15) is 5.57 Å². The molecule has 0 amide bonds. The van der Waals surface area contributed by atoms with Gasteiger partial charge < -0.3 is 5.11 Å². The van der Waals surface area contributed by atoms with E-state index in [9.17, 15) is 48.3 Å². The maximum Gasteiger partial charge on any atom is 0.393 e. The van der Waals surface area contributed by atoms with Gasteiger partial charge in [-0.2, -0.15) is 35.1 Å². The highest BCUT2D eigenvalue weighted by molar-refractivity contribution is 7.89. The van der Waals surface area contributed by atoms with E-state index >= 15 is 0 Å². The molecule has 0 aromatic heterocycles. The second-order valence-electron chi connectivity index (χ2n) is 5.19. The van der Waals surface area contributed by atoms with Crippen molar-refractivity contribution in [3.8, 4) is 0 Å². The monoisotopic (exact) mass is 421 g/mol. The molecule has 0 saturated heterocycles. The molecule has 0 aromatic rings. The van der Waals surface area contributed by atoms with E-state index in [2.05, 4.69) is 0 Å². The SMILES string of the molecule is C=C(C(=O)O)C(F)(F)C(F)(F)C(F)(F)C(F)(F)N(C)S(=O)(=O)CCCC. The number of hydrogen-bond donors (Lipinski definition) is 1. The second-order valence-corrected chi connectivity index (χ2v) is 7.30. The third-order valence-corrected chi connectivity index (χ3v) is 5.24. The average molecular weight is 421 g/mol. The first-order valence-corrected chi connectivity index (χ1v) is 8.33. The number of sulfonamides is 1. The van der Waals surface area contributed by atoms with Crippen molar-refractivity contribution in [2.45, 2.75) is 43.6 Å². The van der Waals surface area contributed by atoms with Gasteiger partial charge in [0.05, 0.1) is 5.75 Å². The number of hydrogen-bond acceptors (Lipinski definition) is 3. The zero-order valence-electron chi connectivity index (χ0n) is 13.4. The van der Waals surface area contributed by atoms with E-state index in [1.807, 2.05) is 6.58 Å². The topological polar surface area (TPSA) is 74.7 Å². The molecule has 154 valence electrons. The summed E-state index contributed by atoms with van der Waals surface area (Å²) in [5, 5.41) is 8.23.